The van der Waals surface area contributed by atoms with E-state index in [1.54, 1.807) is 0 Å². The highest BCUT2D eigenvalue weighted by Gasteiger charge is 2.30. The Bertz CT molecular complexity index is 450. The normalized spacial score (nSPS) is 22.6. The molecule has 4 nitrogen and oxygen atoms in total. The first-order valence-electron chi connectivity index (χ1n) is 7.04. The van der Waals surface area contributed by atoms with Gasteiger partial charge >= 0.3 is 0 Å². The van der Waals surface area contributed by atoms with E-state index in [9.17, 15) is 4.79 Å². The molecule has 2 rings (SSSR count). The van der Waals surface area contributed by atoms with E-state index in [0.717, 1.165) is 36.5 Å². The predicted octanol–water partition coefficient (Wildman–Crippen LogP) is 2.56. The molecular formula is C15H23N3O. The fourth-order valence-electron chi connectivity index (χ4n) is 2.77. The van der Waals surface area contributed by atoms with Gasteiger partial charge in [-0.25, -0.2) is 4.98 Å². The van der Waals surface area contributed by atoms with Crippen molar-refractivity contribution in [3.8, 4) is 0 Å². The minimum absolute atomic E-state index is 0.130. The van der Waals surface area contributed by atoms with Crippen molar-refractivity contribution >= 4 is 11.7 Å². The Balaban J connectivity index is 2.28. The molecule has 1 aliphatic rings. The lowest BCUT2D eigenvalue weighted by Crippen LogP contribution is -2.34. The number of carbonyl (C=O) groups excluding carboxylic acids is 1. The van der Waals surface area contributed by atoms with Gasteiger partial charge in [-0.2, -0.15) is 0 Å². The van der Waals surface area contributed by atoms with E-state index in [4.69, 9.17) is 0 Å². The molecule has 4 heteroatoms. The molecule has 2 atom stereocenters. The number of pyridine rings is 1. The smallest absolute Gasteiger partial charge is 0.254 e. The lowest BCUT2D eigenvalue weighted by molar-refractivity contribution is 0.0743. The second-order valence-electron chi connectivity index (χ2n) is 5.48. The highest BCUT2D eigenvalue weighted by molar-refractivity contribution is 5.95. The first-order chi connectivity index (χ1) is 9.05. The van der Waals surface area contributed by atoms with Crippen LogP contribution in [0.5, 0.6) is 0 Å². The van der Waals surface area contributed by atoms with Crippen molar-refractivity contribution in [2.75, 3.05) is 18.9 Å². The van der Waals surface area contributed by atoms with Gasteiger partial charge in [-0.05, 0) is 37.8 Å². The summed E-state index contributed by atoms with van der Waals surface area (Å²) in [7, 11) is 1.83. The fraction of sp³-hybridized carbons (Fsp3) is 0.600. The van der Waals surface area contributed by atoms with Crippen molar-refractivity contribution < 1.29 is 4.79 Å². The average Bonchev–Trinajstić information content (AvgIpc) is 2.76. The summed E-state index contributed by atoms with van der Waals surface area (Å²) in [5.41, 5.74) is 1.70. The van der Waals surface area contributed by atoms with Gasteiger partial charge in [0, 0.05) is 30.9 Å². The molecule has 0 bridgehead atoms. The van der Waals surface area contributed by atoms with Crippen LogP contribution in [0.25, 0.3) is 0 Å². The van der Waals surface area contributed by atoms with Crippen molar-refractivity contribution in [2.24, 2.45) is 5.92 Å². The van der Waals surface area contributed by atoms with Gasteiger partial charge in [0.2, 0.25) is 0 Å². The van der Waals surface area contributed by atoms with Crippen LogP contribution in [0.2, 0.25) is 0 Å². The van der Waals surface area contributed by atoms with E-state index in [-0.39, 0.29) is 5.91 Å². The topological polar surface area (TPSA) is 45.2 Å². The molecule has 1 N–H and O–H groups in total. The number of aryl methyl sites for hydroxylation is 1. The summed E-state index contributed by atoms with van der Waals surface area (Å²) < 4.78 is 0. The molecule has 0 aromatic carbocycles. The quantitative estimate of drug-likeness (QED) is 0.909. The molecule has 0 saturated carbocycles. The molecule has 0 spiro atoms. The summed E-state index contributed by atoms with van der Waals surface area (Å²) in [6, 6.07) is 4.09. The number of nitrogens with one attached hydrogen (secondary N) is 1. The van der Waals surface area contributed by atoms with E-state index < -0.39 is 0 Å². The highest BCUT2D eigenvalue weighted by Crippen LogP contribution is 2.25. The Hall–Kier alpha value is -1.58. The Morgan fingerprint density at radius 2 is 2.21 bits per heavy atom. The summed E-state index contributed by atoms with van der Waals surface area (Å²) in [5, 5.41) is 3.03. The van der Waals surface area contributed by atoms with Crippen LogP contribution in [0.15, 0.2) is 12.1 Å². The number of hydrogen-bond acceptors (Lipinski definition) is 3. The monoisotopic (exact) mass is 261 g/mol. The molecule has 1 fully saturated rings. The van der Waals surface area contributed by atoms with Gasteiger partial charge in [-0.3, -0.25) is 4.79 Å². The first-order valence-corrected chi connectivity index (χ1v) is 7.04. The van der Waals surface area contributed by atoms with E-state index in [2.05, 4.69) is 31.1 Å². The minimum Gasteiger partial charge on any atom is -0.373 e. The summed E-state index contributed by atoms with van der Waals surface area (Å²) in [5.74, 6) is 1.49. The zero-order valence-corrected chi connectivity index (χ0v) is 12.2. The maximum absolute atomic E-state index is 12.6. The lowest BCUT2D eigenvalue weighted by atomic mass is 10.1. The summed E-state index contributed by atoms with van der Waals surface area (Å²) in [6.07, 6.45) is 1.93. The van der Waals surface area contributed by atoms with Crippen molar-refractivity contribution in [3.63, 3.8) is 0 Å². The number of anilines is 1. The highest BCUT2D eigenvalue weighted by atomic mass is 16.2. The molecule has 1 saturated heterocycles. The molecule has 0 aliphatic carbocycles. The summed E-state index contributed by atoms with van der Waals surface area (Å²) in [6.45, 7) is 7.24. The maximum atomic E-state index is 12.6. The van der Waals surface area contributed by atoms with E-state index >= 15 is 0 Å². The maximum Gasteiger partial charge on any atom is 0.254 e. The number of rotatable bonds is 3. The van der Waals surface area contributed by atoms with Crippen LogP contribution in [0.3, 0.4) is 0 Å². The minimum atomic E-state index is 0.130. The summed E-state index contributed by atoms with van der Waals surface area (Å²) in [4.78, 5) is 19.0. The standard InChI is InChI=1S/C15H23N3O/c1-5-13-7-12(8-14(16-4)17-13)15(19)18-9-10(2)6-11(18)3/h7-8,10-11H,5-6,9H2,1-4H3,(H,16,17). The number of carbonyl (C=O) groups is 1. The van der Waals surface area contributed by atoms with Gasteiger partial charge in [0.15, 0.2) is 0 Å². The molecule has 104 valence electrons. The third-order valence-corrected chi connectivity index (χ3v) is 3.79. The fourth-order valence-corrected chi connectivity index (χ4v) is 2.77. The van der Waals surface area contributed by atoms with Crippen LogP contribution < -0.4 is 5.32 Å². The molecule has 19 heavy (non-hydrogen) atoms. The molecule has 2 heterocycles. The van der Waals surface area contributed by atoms with Gasteiger partial charge in [-0.15, -0.1) is 0 Å². The van der Waals surface area contributed by atoms with Crippen molar-refractivity contribution in [2.45, 2.75) is 39.7 Å². The van der Waals surface area contributed by atoms with E-state index in [0.29, 0.717) is 12.0 Å². The van der Waals surface area contributed by atoms with Crippen LogP contribution in [0.4, 0.5) is 5.82 Å². The third kappa shape index (κ3) is 2.88. The molecule has 0 radical (unpaired) electrons. The molecule has 1 aromatic heterocycles. The van der Waals surface area contributed by atoms with Gasteiger partial charge in [0.05, 0.1) is 0 Å². The second kappa shape index (κ2) is 5.59. The Kier molecular flexibility index (Phi) is 4.08. The third-order valence-electron chi connectivity index (χ3n) is 3.79. The van der Waals surface area contributed by atoms with Crippen molar-refractivity contribution in [3.05, 3.63) is 23.4 Å². The van der Waals surface area contributed by atoms with Crippen molar-refractivity contribution in [1.82, 2.24) is 9.88 Å². The first kappa shape index (κ1) is 13.8. The second-order valence-corrected chi connectivity index (χ2v) is 5.48. The summed E-state index contributed by atoms with van der Waals surface area (Å²) >= 11 is 0. The number of amides is 1. The molecule has 2 unspecified atom stereocenters. The van der Waals surface area contributed by atoms with Gasteiger partial charge in [0.1, 0.15) is 5.82 Å². The predicted molar refractivity (Wildman–Crippen MR) is 77.4 cm³/mol. The Morgan fingerprint density at radius 1 is 1.47 bits per heavy atom. The van der Waals surface area contributed by atoms with E-state index in [1.807, 2.05) is 24.1 Å². The molecular weight excluding hydrogens is 238 g/mol. The lowest BCUT2D eigenvalue weighted by Gasteiger charge is -2.22. The number of hydrogen-bond donors (Lipinski definition) is 1. The average molecular weight is 261 g/mol. The van der Waals surface area contributed by atoms with Crippen LogP contribution in [-0.4, -0.2) is 35.4 Å². The van der Waals surface area contributed by atoms with Gasteiger partial charge < -0.3 is 10.2 Å². The molecule has 1 aliphatic heterocycles. The zero-order valence-electron chi connectivity index (χ0n) is 12.2. The largest absolute Gasteiger partial charge is 0.373 e. The van der Waals surface area contributed by atoms with E-state index in [1.165, 1.54) is 0 Å². The van der Waals surface area contributed by atoms with Crippen LogP contribution >= 0.6 is 0 Å². The molecule has 1 amide bonds. The number of nitrogens with zero attached hydrogens (tertiary/aromatic N) is 2. The molecule has 1 aromatic rings. The van der Waals surface area contributed by atoms with Crippen LogP contribution in [-0.2, 0) is 6.42 Å². The Morgan fingerprint density at radius 3 is 2.74 bits per heavy atom. The zero-order chi connectivity index (χ0) is 14.0. The van der Waals surface area contributed by atoms with Crippen molar-refractivity contribution in [1.29, 1.82) is 0 Å². The SMILES string of the molecule is CCc1cc(C(=O)N2CC(C)CC2C)cc(NC)n1. The number of aromatic nitrogens is 1. The van der Waals surface area contributed by atoms with Gasteiger partial charge in [-0.1, -0.05) is 13.8 Å². The Labute approximate surface area is 115 Å². The number of likely N-dealkylation sites (tertiary alicyclic amines) is 1. The van der Waals surface area contributed by atoms with Crippen LogP contribution in [0.1, 0.15) is 43.2 Å². The van der Waals surface area contributed by atoms with Gasteiger partial charge in [0.25, 0.3) is 5.91 Å². The van der Waals surface area contributed by atoms with Crippen LogP contribution in [0, 0.1) is 5.92 Å².